The molecule has 27 heavy (non-hydrogen) atoms. The van der Waals surface area contributed by atoms with Crippen molar-refractivity contribution in [2.75, 3.05) is 6.61 Å². The first-order valence-corrected chi connectivity index (χ1v) is 10.6. The van der Waals surface area contributed by atoms with E-state index in [9.17, 15) is 9.59 Å². The van der Waals surface area contributed by atoms with Crippen LogP contribution in [0.5, 0.6) is 0 Å². The summed E-state index contributed by atoms with van der Waals surface area (Å²) >= 11 is 7.55. The van der Waals surface area contributed by atoms with Crippen LogP contribution in [0.15, 0.2) is 24.3 Å². The van der Waals surface area contributed by atoms with Crippen molar-refractivity contribution in [1.82, 2.24) is 0 Å². The van der Waals surface area contributed by atoms with E-state index in [1.807, 2.05) is 24.3 Å². The fourth-order valence-electron chi connectivity index (χ4n) is 3.79. The number of rotatable bonds is 5. The Labute approximate surface area is 168 Å². The molecule has 1 aromatic carbocycles. The minimum absolute atomic E-state index is 0.104. The number of halogens is 1. The smallest absolute Gasteiger partial charge is 0.350 e. The van der Waals surface area contributed by atoms with Crippen LogP contribution in [0.2, 0.25) is 5.02 Å². The minimum Gasteiger partial charge on any atom is -0.460 e. The Bertz CT molecular complexity index is 829. The molecule has 4 nitrogen and oxygen atoms in total. The molecule has 3 rings (SSSR count). The van der Waals surface area contributed by atoms with Gasteiger partial charge in [0.25, 0.3) is 0 Å². The Morgan fingerprint density at radius 1 is 1.26 bits per heavy atom. The summed E-state index contributed by atoms with van der Waals surface area (Å²) in [5, 5.41) is 1.18. The van der Waals surface area contributed by atoms with Gasteiger partial charge in [0.15, 0.2) is 6.61 Å². The molecule has 6 heteroatoms. The Morgan fingerprint density at radius 2 is 2.00 bits per heavy atom. The quantitative estimate of drug-likeness (QED) is 0.594. The molecule has 1 aliphatic carbocycles. The first-order valence-electron chi connectivity index (χ1n) is 9.40. The molecule has 0 spiro atoms. The summed E-state index contributed by atoms with van der Waals surface area (Å²) in [4.78, 5) is 24.9. The van der Waals surface area contributed by atoms with E-state index >= 15 is 0 Å². The molecule has 0 unspecified atom stereocenters. The summed E-state index contributed by atoms with van der Waals surface area (Å²) in [6.45, 7) is 6.11. The van der Waals surface area contributed by atoms with E-state index in [-0.39, 0.29) is 12.7 Å². The summed E-state index contributed by atoms with van der Waals surface area (Å²) in [7, 11) is 0. The molecule has 146 valence electrons. The van der Waals surface area contributed by atoms with Gasteiger partial charge in [-0.3, -0.25) is 0 Å². The molecule has 1 heterocycles. The number of thiophene rings is 1. The van der Waals surface area contributed by atoms with Crippen LogP contribution in [0.4, 0.5) is 0 Å². The lowest BCUT2D eigenvalue weighted by Gasteiger charge is -2.36. The SMILES string of the molecule is CC(C)[C@@H]1CC[C@@H](C)C[C@@H]1OC(=O)COC(=O)c1sc2ccccc2c1Cl. The number of benzene rings is 1. The third-order valence-electron chi connectivity index (χ3n) is 5.29. The van der Waals surface area contributed by atoms with Crippen molar-refractivity contribution in [2.45, 2.75) is 46.1 Å². The van der Waals surface area contributed by atoms with E-state index < -0.39 is 11.9 Å². The number of hydrogen-bond acceptors (Lipinski definition) is 5. The highest BCUT2D eigenvalue weighted by Crippen LogP contribution is 2.36. The number of esters is 2. The zero-order valence-corrected chi connectivity index (χ0v) is 17.4. The lowest BCUT2D eigenvalue weighted by molar-refractivity contribution is -0.159. The maximum atomic E-state index is 12.4. The molecule has 1 saturated carbocycles. The van der Waals surface area contributed by atoms with Crippen molar-refractivity contribution in [1.29, 1.82) is 0 Å². The maximum Gasteiger partial charge on any atom is 0.350 e. The van der Waals surface area contributed by atoms with Gasteiger partial charge in [0.2, 0.25) is 0 Å². The van der Waals surface area contributed by atoms with Crippen molar-refractivity contribution in [2.24, 2.45) is 17.8 Å². The van der Waals surface area contributed by atoms with Gasteiger partial charge in [-0.15, -0.1) is 11.3 Å². The van der Waals surface area contributed by atoms with Gasteiger partial charge in [0.05, 0.1) is 5.02 Å². The Morgan fingerprint density at radius 3 is 2.70 bits per heavy atom. The van der Waals surface area contributed by atoms with Gasteiger partial charge in [-0.25, -0.2) is 9.59 Å². The van der Waals surface area contributed by atoms with Gasteiger partial charge in [-0.05, 0) is 36.7 Å². The summed E-state index contributed by atoms with van der Waals surface area (Å²) < 4.78 is 11.8. The van der Waals surface area contributed by atoms with Gasteiger partial charge in [-0.1, -0.05) is 57.0 Å². The van der Waals surface area contributed by atoms with Crippen molar-refractivity contribution >= 4 is 45.0 Å². The van der Waals surface area contributed by atoms with Crippen LogP contribution >= 0.6 is 22.9 Å². The fraction of sp³-hybridized carbons (Fsp3) is 0.524. The average molecular weight is 409 g/mol. The predicted molar refractivity (Wildman–Crippen MR) is 108 cm³/mol. The third-order valence-corrected chi connectivity index (χ3v) is 6.94. The highest BCUT2D eigenvalue weighted by Gasteiger charge is 2.33. The van der Waals surface area contributed by atoms with Gasteiger partial charge >= 0.3 is 11.9 Å². The maximum absolute atomic E-state index is 12.4. The largest absolute Gasteiger partial charge is 0.460 e. The highest BCUT2D eigenvalue weighted by molar-refractivity contribution is 7.21. The van der Waals surface area contributed by atoms with Crippen LogP contribution in [0, 0.1) is 17.8 Å². The molecule has 0 bridgehead atoms. The summed E-state index contributed by atoms with van der Waals surface area (Å²) in [6, 6.07) is 7.50. The number of carbonyl (C=O) groups excluding carboxylic acids is 2. The van der Waals surface area contributed by atoms with Crippen LogP contribution in [0.25, 0.3) is 10.1 Å². The highest BCUT2D eigenvalue weighted by atomic mass is 35.5. The number of hydrogen-bond donors (Lipinski definition) is 0. The fourth-order valence-corrected chi connectivity index (χ4v) is 5.19. The number of ether oxygens (including phenoxy) is 2. The van der Waals surface area contributed by atoms with E-state index in [0.29, 0.717) is 27.7 Å². The van der Waals surface area contributed by atoms with Gasteiger partial charge in [0, 0.05) is 10.1 Å². The van der Waals surface area contributed by atoms with Gasteiger partial charge < -0.3 is 9.47 Å². The van der Waals surface area contributed by atoms with Crippen LogP contribution in [-0.2, 0) is 14.3 Å². The molecule has 1 aromatic heterocycles. The number of carbonyl (C=O) groups is 2. The van der Waals surface area contributed by atoms with Crippen molar-refractivity contribution in [3.63, 3.8) is 0 Å². The molecule has 1 aliphatic rings. The first kappa shape index (κ1) is 20.2. The Kier molecular flexibility index (Phi) is 6.43. The normalized spacial score (nSPS) is 22.8. The molecule has 0 radical (unpaired) electrons. The lowest BCUT2D eigenvalue weighted by Crippen LogP contribution is -2.36. The standard InChI is InChI=1S/C21H25ClO4S/c1-12(2)14-9-8-13(3)10-16(14)26-18(23)11-25-21(24)20-19(22)15-6-4-5-7-17(15)27-20/h4-7,12-14,16H,8-11H2,1-3H3/t13-,14+,16+/m1/s1. The van der Waals surface area contributed by atoms with Crippen molar-refractivity contribution < 1.29 is 19.1 Å². The Balaban J connectivity index is 1.59. The van der Waals surface area contributed by atoms with Crippen molar-refractivity contribution in [3.05, 3.63) is 34.2 Å². The average Bonchev–Trinajstić information content (AvgIpc) is 2.97. The molecule has 0 aliphatic heterocycles. The zero-order valence-electron chi connectivity index (χ0n) is 15.9. The van der Waals surface area contributed by atoms with E-state index in [4.69, 9.17) is 21.1 Å². The van der Waals surface area contributed by atoms with E-state index in [2.05, 4.69) is 20.8 Å². The second-order valence-corrected chi connectivity index (χ2v) is 9.10. The molecule has 1 fully saturated rings. The topological polar surface area (TPSA) is 52.6 Å². The molecule has 0 N–H and O–H groups in total. The third kappa shape index (κ3) is 4.64. The minimum atomic E-state index is -0.587. The predicted octanol–water partition coefficient (Wildman–Crippen LogP) is 5.72. The number of fused-ring (bicyclic) bond motifs is 1. The summed E-state index contributed by atoms with van der Waals surface area (Å²) in [5.74, 6) is 0.270. The molecule has 2 aromatic rings. The summed E-state index contributed by atoms with van der Waals surface area (Å²) in [6.07, 6.45) is 2.99. The van der Waals surface area contributed by atoms with Gasteiger partial charge in [0.1, 0.15) is 11.0 Å². The molecule has 3 atom stereocenters. The molecular weight excluding hydrogens is 384 g/mol. The zero-order chi connectivity index (χ0) is 19.6. The van der Waals surface area contributed by atoms with Gasteiger partial charge in [-0.2, -0.15) is 0 Å². The summed E-state index contributed by atoms with van der Waals surface area (Å²) in [5.41, 5.74) is 0. The Hall–Kier alpha value is -1.59. The second-order valence-electron chi connectivity index (χ2n) is 7.67. The van der Waals surface area contributed by atoms with Crippen LogP contribution in [-0.4, -0.2) is 24.6 Å². The van der Waals surface area contributed by atoms with E-state index in [1.54, 1.807) is 0 Å². The van der Waals surface area contributed by atoms with E-state index in [1.165, 1.54) is 11.3 Å². The molecule has 0 amide bonds. The lowest BCUT2D eigenvalue weighted by atomic mass is 9.75. The van der Waals surface area contributed by atoms with Crippen LogP contribution in [0.3, 0.4) is 0 Å². The molecular formula is C21H25ClO4S. The monoisotopic (exact) mass is 408 g/mol. The van der Waals surface area contributed by atoms with Crippen molar-refractivity contribution in [3.8, 4) is 0 Å². The van der Waals surface area contributed by atoms with E-state index in [0.717, 1.165) is 29.3 Å². The van der Waals surface area contributed by atoms with Crippen LogP contribution < -0.4 is 0 Å². The van der Waals surface area contributed by atoms with Crippen LogP contribution in [0.1, 0.15) is 49.7 Å². The second kappa shape index (κ2) is 8.61. The molecule has 0 saturated heterocycles. The first-order chi connectivity index (χ1) is 12.9.